The van der Waals surface area contributed by atoms with Crippen LogP contribution >= 0.6 is 11.3 Å². The number of hydrogen-bond acceptors (Lipinski definition) is 3. The lowest BCUT2D eigenvalue weighted by atomic mass is 10.2. The Hall–Kier alpha value is -2.00. The Morgan fingerprint density at radius 1 is 0.696 bits per heavy atom. The minimum absolute atomic E-state index is 0. The lowest BCUT2D eigenvalue weighted by Gasteiger charge is -1.82. The first-order chi connectivity index (χ1) is 10.9. The molecule has 1 aromatic carbocycles. The number of aromatic nitrogens is 2. The summed E-state index contributed by atoms with van der Waals surface area (Å²) < 4.78 is 0. The number of rotatable bonds is 0. The van der Waals surface area contributed by atoms with Gasteiger partial charge in [0.25, 0.3) is 0 Å². The van der Waals surface area contributed by atoms with Crippen molar-refractivity contribution >= 4 is 11.3 Å². The molecule has 23 heavy (non-hydrogen) atoms. The zero-order chi connectivity index (χ0) is 16.9. The normalized spacial score (nSPS) is 7.00. The van der Waals surface area contributed by atoms with E-state index < -0.39 is 0 Å². The van der Waals surface area contributed by atoms with Crippen LogP contribution in [0, 0.1) is 6.92 Å². The van der Waals surface area contributed by atoms with Crippen LogP contribution in [-0.2, 0) is 0 Å². The van der Waals surface area contributed by atoms with Gasteiger partial charge in [-0.05, 0) is 19.1 Å². The zero-order valence-corrected chi connectivity index (χ0v) is 15.1. The average molecular weight is 333 g/mol. The highest BCUT2D eigenvalue weighted by Crippen LogP contribution is 1.92. The van der Waals surface area contributed by atoms with Gasteiger partial charge >= 0.3 is 0 Å². The Kier molecular flexibility index (Phi) is 28.2. The summed E-state index contributed by atoms with van der Waals surface area (Å²) >= 11 is 1.60. The number of aryl methyl sites for hydroxylation is 1. The first-order valence-electron chi connectivity index (χ1n) is 7.58. The molecule has 0 N–H and O–H groups in total. The quantitative estimate of drug-likeness (QED) is 0.447. The van der Waals surface area contributed by atoms with Crippen LogP contribution in [0.2, 0.25) is 0 Å². The van der Waals surface area contributed by atoms with Gasteiger partial charge in [0.05, 0.1) is 5.51 Å². The van der Waals surface area contributed by atoms with Crippen LogP contribution in [0.4, 0.5) is 0 Å². The zero-order valence-electron chi connectivity index (χ0n) is 14.3. The third-order valence-electron chi connectivity index (χ3n) is 1.85. The van der Waals surface area contributed by atoms with Gasteiger partial charge in [0.2, 0.25) is 0 Å². The van der Waals surface area contributed by atoms with Crippen molar-refractivity contribution < 1.29 is 0 Å². The van der Waals surface area contributed by atoms with Crippen LogP contribution < -0.4 is 0 Å². The maximum Gasteiger partial charge on any atom is 0.0791 e. The lowest BCUT2D eigenvalue weighted by molar-refractivity contribution is 1.33. The maximum atomic E-state index is 3.78. The highest BCUT2D eigenvalue weighted by molar-refractivity contribution is 7.07. The van der Waals surface area contributed by atoms with Crippen LogP contribution in [0.15, 0.2) is 78.0 Å². The van der Waals surface area contributed by atoms with E-state index in [9.17, 15) is 0 Å². The Morgan fingerprint density at radius 2 is 1.22 bits per heavy atom. The molecule has 0 aliphatic carbocycles. The van der Waals surface area contributed by atoms with Gasteiger partial charge in [0.1, 0.15) is 0 Å². The third-order valence-corrected chi connectivity index (χ3v) is 2.38. The first kappa shape index (κ1) is 25.9. The van der Waals surface area contributed by atoms with Gasteiger partial charge in [0, 0.05) is 24.0 Å². The van der Waals surface area contributed by atoms with Crippen LogP contribution in [0.3, 0.4) is 0 Å². The van der Waals surface area contributed by atoms with Crippen molar-refractivity contribution in [3.05, 3.63) is 83.6 Å². The molecule has 0 atom stereocenters. The van der Waals surface area contributed by atoms with E-state index in [1.165, 1.54) is 5.56 Å². The number of pyridine rings is 1. The van der Waals surface area contributed by atoms with Crippen molar-refractivity contribution in [1.29, 1.82) is 0 Å². The summed E-state index contributed by atoms with van der Waals surface area (Å²) in [7, 11) is 0. The molecule has 0 aliphatic rings. The second-order valence-corrected chi connectivity index (χ2v) is 4.11. The Labute approximate surface area is 147 Å². The van der Waals surface area contributed by atoms with Crippen molar-refractivity contribution in [1.82, 2.24) is 9.97 Å². The summed E-state index contributed by atoms with van der Waals surface area (Å²) in [6, 6.07) is 16.0. The van der Waals surface area contributed by atoms with Gasteiger partial charge in [-0.1, -0.05) is 77.1 Å². The van der Waals surface area contributed by atoms with Crippen molar-refractivity contribution in [3.8, 4) is 0 Å². The minimum atomic E-state index is 0. The molecule has 0 amide bonds. The lowest BCUT2D eigenvalue weighted by Crippen LogP contribution is -1.62. The standard InChI is InChI=1S/C7H8.C5H5N.C3H3NS.2C2H6.CH4/c1-7-5-3-2-4-6-7;1-2-4-6-5-3-1;1-2-5-3-4-1;2*1-2;/h2-6H,1H3;1-5H;1-3H;2*1-2H3;1H4. The smallest absolute Gasteiger partial charge is 0.0791 e. The topological polar surface area (TPSA) is 25.8 Å². The molecule has 0 aliphatic heterocycles. The van der Waals surface area contributed by atoms with Crippen molar-refractivity contribution in [2.75, 3.05) is 0 Å². The highest BCUT2D eigenvalue weighted by Gasteiger charge is 1.72. The van der Waals surface area contributed by atoms with Crippen LogP contribution in [0.5, 0.6) is 0 Å². The van der Waals surface area contributed by atoms with Crippen molar-refractivity contribution in [2.45, 2.75) is 42.0 Å². The Bertz CT molecular complexity index is 424. The summed E-state index contributed by atoms with van der Waals surface area (Å²) in [4.78, 5) is 7.53. The molecule has 0 saturated carbocycles. The van der Waals surface area contributed by atoms with Gasteiger partial charge in [-0.15, -0.1) is 11.3 Å². The number of thiazole rings is 1. The number of hydrogen-bond donors (Lipinski definition) is 0. The van der Waals surface area contributed by atoms with Gasteiger partial charge in [-0.2, -0.15) is 0 Å². The fourth-order valence-electron chi connectivity index (χ4n) is 1.02. The highest BCUT2D eigenvalue weighted by atomic mass is 32.1. The molecule has 3 aromatic rings. The molecule has 0 fully saturated rings. The molecular formula is C20H32N2S. The molecule has 0 saturated heterocycles. The molecule has 0 unspecified atom stereocenters. The van der Waals surface area contributed by atoms with Crippen molar-refractivity contribution in [3.63, 3.8) is 0 Å². The molecule has 0 bridgehead atoms. The average Bonchev–Trinajstić information content (AvgIpc) is 3.21. The van der Waals surface area contributed by atoms with E-state index in [1.807, 2.05) is 69.5 Å². The second-order valence-electron chi connectivity index (χ2n) is 3.35. The molecule has 3 heteroatoms. The summed E-state index contributed by atoms with van der Waals surface area (Å²) in [6.07, 6.45) is 5.27. The maximum absolute atomic E-state index is 3.78. The minimum Gasteiger partial charge on any atom is -0.265 e. The second kappa shape index (κ2) is 25.0. The van der Waals surface area contributed by atoms with Gasteiger partial charge in [-0.25, -0.2) is 0 Å². The van der Waals surface area contributed by atoms with Crippen LogP contribution in [0.1, 0.15) is 40.7 Å². The molecular weight excluding hydrogens is 300 g/mol. The summed E-state index contributed by atoms with van der Waals surface area (Å²) in [5.74, 6) is 0. The van der Waals surface area contributed by atoms with E-state index in [0.717, 1.165) is 0 Å². The fraction of sp³-hybridized carbons (Fsp3) is 0.300. The SMILES string of the molecule is C.CC.CC.Cc1ccccc1.c1ccncc1.c1cscn1. The molecule has 0 radical (unpaired) electrons. The predicted molar refractivity (Wildman–Crippen MR) is 107 cm³/mol. The van der Waals surface area contributed by atoms with Gasteiger partial charge < -0.3 is 0 Å². The van der Waals surface area contributed by atoms with E-state index in [2.05, 4.69) is 29.0 Å². The molecule has 3 rings (SSSR count). The largest absolute Gasteiger partial charge is 0.265 e. The fourth-order valence-corrected chi connectivity index (χ4v) is 1.37. The number of nitrogens with zero attached hydrogens (tertiary/aromatic N) is 2. The molecule has 2 aromatic heterocycles. The molecule has 128 valence electrons. The van der Waals surface area contributed by atoms with Crippen LogP contribution in [0.25, 0.3) is 0 Å². The molecule has 2 heterocycles. The van der Waals surface area contributed by atoms with E-state index in [-0.39, 0.29) is 7.43 Å². The van der Waals surface area contributed by atoms with E-state index in [0.29, 0.717) is 0 Å². The van der Waals surface area contributed by atoms with Gasteiger partial charge in [-0.3, -0.25) is 9.97 Å². The van der Waals surface area contributed by atoms with E-state index >= 15 is 0 Å². The summed E-state index contributed by atoms with van der Waals surface area (Å²) in [5.41, 5.74) is 3.11. The summed E-state index contributed by atoms with van der Waals surface area (Å²) in [6.45, 7) is 10.1. The monoisotopic (exact) mass is 332 g/mol. The summed E-state index contributed by atoms with van der Waals surface area (Å²) in [5, 5.41) is 1.93. The Morgan fingerprint density at radius 3 is 1.39 bits per heavy atom. The van der Waals surface area contributed by atoms with E-state index in [4.69, 9.17) is 0 Å². The number of benzene rings is 1. The van der Waals surface area contributed by atoms with Gasteiger partial charge in [0.15, 0.2) is 0 Å². The van der Waals surface area contributed by atoms with Crippen molar-refractivity contribution in [2.24, 2.45) is 0 Å². The third kappa shape index (κ3) is 22.4. The van der Waals surface area contributed by atoms with Crippen LogP contribution in [-0.4, -0.2) is 9.97 Å². The predicted octanol–water partition coefficient (Wildman–Crippen LogP) is 6.91. The molecule has 2 nitrogen and oxygen atoms in total. The first-order valence-corrected chi connectivity index (χ1v) is 8.52. The molecule has 0 spiro atoms. The van der Waals surface area contributed by atoms with E-state index in [1.54, 1.807) is 35.4 Å². The Balaban J connectivity index is -0.000000233.